The molecule has 3 aromatic rings. The van der Waals surface area contributed by atoms with Crippen molar-refractivity contribution in [3.8, 4) is 11.5 Å². The molecule has 7 heteroatoms. The van der Waals surface area contributed by atoms with Crippen molar-refractivity contribution in [3.63, 3.8) is 0 Å². The molecule has 30 heavy (non-hydrogen) atoms. The third kappa shape index (κ3) is 4.45. The fraction of sp³-hybridized carbons (Fsp3) is 0.348. The van der Waals surface area contributed by atoms with E-state index in [0.29, 0.717) is 42.0 Å². The van der Waals surface area contributed by atoms with Crippen LogP contribution < -0.4 is 20.3 Å². The molecule has 0 unspecified atom stereocenters. The summed E-state index contributed by atoms with van der Waals surface area (Å²) >= 11 is 0. The first-order valence-corrected chi connectivity index (χ1v) is 10.1. The zero-order valence-electron chi connectivity index (χ0n) is 17.2. The summed E-state index contributed by atoms with van der Waals surface area (Å²) in [5.74, 6) is 1.88. The summed E-state index contributed by atoms with van der Waals surface area (Å²) in [6.45, 7) is 4.83. The first-order valence-electron chi connectivity index (χ1n) is 10.1. The first-order chi connectivity index (χ1) is 14.4. The molecule has 2 aromatic carbocycles. The number of benzene rings is 2. The number of aromatic amines is 1. The molecule has 4 rings (SSSR count). The highest BCUT2D eigenvalue weighted by atomic mass is 16.5. The van der Waals surface area contributed by atoms with Gasteiger partial charge in [0.05, 0.1) is 17.4 Å². The molecule has 1 aliphatic rings. The number of para-hydroxylation sites is 2. The topological polar surface area (TPSA) is 93.3 Å². The number of nitrogens with zero attached hydrogens (tertiary/aromatic N) is 1. The molecule has 0 saturated heterocycles. The minimum Gasteiger partial charge on any atom is -0.488 e. The molecule has 7 nitrogen and oxygen atoms in total. The summed E-state index contributed by atoms with van der Waals surface area (Å²) in [7, 11) is 0. The van der Waals surface area contributed by atoms with Crippen LogP contribution in [0.4, 0.5) is 0 Å². The molecular formula is C23H25N3O4. The van der Waals surface area contributed by atoms with Crippen molar-refractivity contribution in [2.45, 2.75) is 38.7 Å². The average Bonchev–Trinajstić information content (AvgIpc) is 3.04. The molecule has 0 spiro atoms. The Hall–Kier alpha value is -3.35. The van der Waals surface area contributed by atoms with Gasteiger partial charge < -0.3 is 19.8 Å². The third-order valence-electron chi connectivity index (χ3n) is 4.99. The highest BCUT2D eigenvalue weighted by Crippen LogP contribution is 2.41. The Labute approximate surface area is 174 Å². The van der Waals surface area contributed by atoms with Gasteiger partial charge in [0.25, 0.3) is 5.56 Å². The number of H-pyrrole nitrogens is 1. The Kier molecular flexibility index (Phi) is 5.44. The van der Waals surface area contributed by atoms with E-state index in [9.17, 15) is 9.59 Å². The number of fused-ring (bicyclic) bond motifs is 2. The highest BCUT2D eigenvalue weighted by Gasteiger charge is 2.32. The molecule has 0 aliphatic carbocycles. The van der Waals surface area contributed by atoms with E-state index in [4.69, 9.17) is 9.47 Å². The molecule has 0 saturated carbocycles. The van der Waals surface area contributed by atoms with E-state index in [1.54, 1.807) is 18.2 Å². The van der Waals surface area contributed by atoms with Crippen LogP contribution >= 0.6 is 0 Å². The van der Waals surface area contributed by atoms with Crippen molar-refractivity contribution >= 4 is 16.8 Å². The number of amides is 1. The molecular weight excluding hydrogens is 382 g/mol. The van der Waals surface area contributed by atoms with Crippen LogP contribution in [0.2, 0.25) is 0 Å². The maximum Gasteiger partial charge on any atom is 0.258 e. The lowest BCUT2D eigenvalue weighted by Crippen LogP contribution is -2.28. The predicted octanol–water partition coefficient (Wildman–Crippen LogP) is 2.76. The van der Waals surface area contributed by atoms with Crippen molar-refractivity contribution in [2.75, 3.05) is 13.2 Å². The summed E-state index contributed by atoms with van der Waals surface area (Å²) in [5, 5.41) is 3.38. The molecule has 2 N–H and O–H groups in total. The van der Waals surface area contributed by atoms with Crippen LogP contribution in [0.1, 0.15) is 31.7 Å². The lowest BCUT2D eigenvalue weighted by atomic mass is 10.0. The number of carbonyl (C=O) groups is 1. The van der Waals surface area contributed by atoms with E-state index in [2.05, 4.69) is 29.1 Å². The second-order valence-corrected chi connectivity index (χ2v) is 8.01. The number of ether oxygens (including phenoxy) is 2. The smallest absolute Gasteiger partial charge is 0.258 e. The number of nitrogens with one attached hydrogen (secondary N) is 2. The summed E-state index contributed by atoms with van der Waals surface area (Å²) in [6, 6.07) is 13.0. The second-order valence-electron chi connectivity index (χ2n) is 8.01. The Balaban J connectivity index is 1.25. The van der Waals surface area contributed by atoms with Gasteiger partial charge >= 0.3 is 0 Å². The van der Waals surface area contributed by atoms with Gasteiger partial charge in [-0.15, -0.1) is 0 Å². The van der Waals surface area contributed by atoms with Crippen molar-refractivity contribution in [2.24, 2.45) is 0 Å². The van der Waals surface area contributed by atoms with Gasteiger partial charge in [-0.2, -0.15) is 0 Å². The van der Waals surface area contributed by atoms with Crippen molar-refractivity contribution in [3.05, 3.63) is 64.2 Å². The van der Waals surface area contributed by atoms with Crippen LogP contribution in [0, 0.1) is 0 Å². The van der Waals surface area contributed by atoms with Gasteiger partial charge in [0.15, 0.2) is 11.5 Å². The molecule has 0 radical (unpaired) electrons. The summed E-state index contributed by atoms with van der Waals surface area (Å²) in [4.78, 5) is 31.4. The number of hydrogen-bond acceptors (Lipinski definition) is 5. The van der Waals surface area contributed by atoms with Crippen molar-refractivity contribution in [1.29, 1.82) is 0 Å². The van der Waals surface area contributed by atoms with Crippen LogP contribution in [0.25, 0.3) is 10.9 Å². The highest BCUT2D eigenvalue weighted by molar-refractivity contribution is 5.78. The first kappa shape index (κ1) is 19.9. The molecule has 0 atom stereocenters. The van der Waals surface area contributed by atoms with E-state index in [-0.39, 0.29) is 23.5 Å². The van der Waals surface area contributed by atoms with E-state index < -0.39 is 0 Å². The van der Waals surface area contributed by atoms with Crippen molar-refractivity contribution < 1.29 is 14.3 Å². The predicted molar refractivity (Wildman–Crippen MR) is 114 cm³/mol. The van der Waals surface area contributed by atoms with Gasteiger partial charge in [-0.25, -0.2) is 4.98 Å². The Morgan fingerprint density at radius 1 is 1.23 bits per heavy atom. The fourth-order valence-corrected chi connectivity index (χ4v) is 3.63. The summed E-state index contributed by atoms with van der Waals surface area (Å²) in [5.41, 5.74) is 1.35. The summed E-state index contributed by atoms with van der Waals surface area (Å²) < 4.78 is 11.8. The number of hydrogen-bond donors (Lipinski definition) is 2. The maximum atomic E-state index is 12.1. The maximum absolute atomic E-state index is 12.1. The van der Waals surface area contributed by atoms with Crippen LogP contribution in [0.5, 0.6) is 11.5 Å². The van der Waals surface area contributed by atoms with E-state index >= 15 is 0 Å². The second kappa shape index (κ2) is 8.18. The lowest BCUT2D eigenvalue weighted by Gasteiger charge is -2.18. The molecule has 1 amide bonds. The molecule has 2 heterocycles. The Bertz CT molecular complexity index is 1140. The third-order valence-corrected chi connectivity index (χ3v) is 4.99. The number of aryl methyl sites for hydroxylation is 1. The molecule has 0 fully saturated rings. The van der Waals surface area contributed by atoms with Crippen LogP contribution in [-0.2, 0) is 17.6 Å². The van der Waals surface area contributed by atoms with E-state index in [1.807, 2.05) is 24.3 Å². The van der Waals surface area contributed by atoms with Gasteiger partial charge in [0, 0.05) is 24.8 Å². The van der Waals surface area contributed by atoms with Crippen LogP contribution in [0.15, 0.2) is 47.3 Å². The van der Waals surface area contributed by atoms with Gasteiger partial charge in [0.1, 0.15) is 18.0 Å². The van der Waals surface area contributed by atoms with Gasteiger partial charge in [0.2, 0.25) is 5.91 Å². The monoisotopic (exact) mass is 407 g/mol. The standard InChI is InChI=1S/C23H25N3O4/c1-23(2)14-15-6-5-9-18(21(15)30-23)29-13-12-24-20(27)11-10-19-25-17-8-4-3-7-16(17)22(28)26-19/h3-9H,10-14H2,1-2H3,(H,24,27)(H,25,26,28). The Morgan fingerprint density at radius 2 is 2.07 bits per heavy atom. The van der Waals surface area contributed by atoms with Gasteiger partial charge in [-0.3, -0.25) is 9.59 Å². The fourth-order valence-electron chi connectivity index (χ4n) is 3.63. The van der Waals surface area contributed by atoms with E-state index in [1.165, 1.54) is 0 Å². The average molecular weight is 407 g/mol. The van der Waals surface area contributed by atoms with Gasteiger partial charge in [-0.1, -0.05) is 24.3 Å². The summed E-state index contributed by atoms with van der Waals surface area (Å²) in [6.07, 6.45) is 1.45. The zero-order chi connectivity index (χ0) is 21.1. The molecule has 156 valence electrons. The van der Waals surface area contributed by atoms with Gasteiger partial charge in [-0.05, 0) is 32.0 Å². The minimum absolute atomic E-state index is 0.120. The molecule has 1 aliphatic heterocycles. The largest absolute Gasteiger partial charge is 0.488 e. The normalized spacial score (nSPS) is 14.2. The number of rotatable bonds is 7. The van der Waals surface area contributed by atoms with Crippen LogP contribution in [-0.4, -0.2) is 34.6 Å². The Morgan fingerprint density at radius 3 is 2.93 bits per heavy atom. The zero-order valence-corrected chi connectivity index (χ0v) is 17.2. The molecule has 0 bridgehead atoms. The van der Waals surface area contributed by atoms with Crippen molar-refractivity contribution in [1.82, 2.24) is 15.3 Å². The SMILES string of the molecule is CC1(C)Cc2cccc(OCCNC(=O)CCc3nc4ccccc4c(=O)[nH]3)c2O1. The number of aromatic nitrogens is 2. The lowest BCUT2D eigenvalue weighted by molar-refractivity contribution is -0.121. The van der Waals surface area contributed by atoms with E-state index in [0.717, 1.165) is 17.7 Å². The minimum atomic E-state index is -0.228. The molecule has 1 aromatic heterocycles. The quantitative estimate of drug-likeness (QED) is 0.588. The van der Waals surface area contributed by atoms with Crippen LogP contribution in [0.3, 0.4) is 0 Å². The number of carbonyl (C=O) groups excluding carboxylic acids is 1.